The Bertz CT molecular complexity index is 1420. The van der Waals surface area contributed by atoms with Gasteiger partial charge in [0, 0.05) is 26.7 Å². The van der Waals surface area contributed by atoms with Gasteiger partial charge in [-0.3, -0.25) is 4.98 Å². The Morgan fingerprint density at radius 2 is 1.83 bits per heavy atom. The molecule has 0 radical (unpaired) electrons. The van der Waals surface area contributed by atoms with Gasteiger partial charge >= 0.3 is 0 Å². The number of fused-ring (bicyclic) bond motifs is 3. The van der Waals surface area contributed by atoms with E-state index >= 15 is 0 Å². The number of benzene rings is 2. The number of hydrogen-bond donors (Lipinski definition) is 0. The molecule has 3 aromatic heterocycles. The number of imidazole rings is 1. The van der Waals surface area contributed by atoms with Crippen LogP contribution >= 0.6 is 27.3 Å². The first-order valence-electron chi connectivity index (χ1n) is 11.5. The van der Waals surface area contributed by atoms with Crippen molar-refractivity contribution in [3.05, 3.63) is 81.8 Å². The van der Waals surface area contributed by atoms with Crippen LogP contribution in [0.4, 0.5) is 5.95 Å². The van der Waals surface area contributed by atoms with Crippen LogP contribution in [-0.2, 0) is 24.9 Å². The van der Waals surface area contributed by atoms with Crippen LogP contribution in [0, 0.1) is 0 Å². The smallest absolute Gasteiger partial charge is 0.206 e. The van der Waals surface area contributed by atoms with Crippen LogP contribution in [0.1, 0.15) is 17.5 Å². The minimum Gasteiger partial charge on any atom is -0.497 e. The van der Waals surface area contributed by atoms with Crippen molar-refractivity contribution in [1.82, 2.24) is 14.5 Å². The van der Waals surface area contributed by atoms with Gasteiger partial charge in [0.05, 0.1) is 39.4 Å². The first-order valence-corrected chi connectivity index (χ1v) is 13.1. The number of ether oxygens (including phenoxy) is 2. The van der Waals surface area contributed by atoms with Gasteiger partial charge < -0.3 is 18.9 Å². The van der Waals surface area contributed by atoms with Crippen LogP contribution in [-0.4, -0.2) is 34.8 Å². The summed E-state index contributed by atoms with van der Waals surface area (Å²) in [4.78, 5) is 11.9. The van der Waals surface area contributed by atoms with Crippen LogP contribution in [0.3, 0.4) is 0 Å². The molecular formula is C27H27BrN4O2S. The third-order valence-corrected chi connectivity index (χ3v) is 7.60. The fourth-order valence-corrected chi connectivity index (χ4v) is 5.84. The number of nitrogens with zero attached hydrogens (tertiary/aromatic N) is 4. The predicted molar refractivity (Wildman–Crippen MR) is 146 cm³/mol. The number of aromatic nitrogens is 3. The molecule has 0 saturated heterocycles. The van der Waals surface area contributed by atoms with Crippen LogP contribution in [0.25, 0.3) is 21.3 Å². The van der Waals surface area contributed by atoms with Gasteiger partial charge in [0.15, 0.2) is 0 Å². The maximum atomic E-state index is 5.95. The fraction of sp³-hybridized carbons (Fsp3) is 0.259. The van der Waals surface area contributed by atoms with Crippen molar-refractivity contribution in [2.24, 2.45) is 7.05 Å². The number of methoxy groups -OCH3 is 1. The number of thiophene rings is 1. The van der Waals surface area contributed by atoms with Gasteiger partial charge in [-0.2, -0.15) is 0 Å². The normalized spacial score (nSPS) is 11.4. The Labute approximate surface area is 217 Å². The Morgan fingerprint density at radius 3 is 2.60 bits per heavy atom. The van der Waals surface area contributed by atoms with E-state index in [9.17, 15) is 0 Å². The third kappa shape index (κ3) is 5.34. The first kappa shape index (κ1) is 23.8. The zero-order valence-electron chi connectivity index (χ0n) is 19.8. The average Bonchev–Trinajstić information content (AvgIpc) is 3.43. The molecule has 2 aromatic carbocycles. The Balaban J connectivity index is 1.38. The summed E-state index contributed by atoms with van der Waals surface area (Å²) in [7, 11) is 3.78. The highest BCUT2D eigenvalue weighted by Crippen LogP contribution is 2.35. The monoisotopic (exact) mass is 550 g/mol. The van der Waals surface area contributed by atoms with Crippen molar-refractivity contribution in [3.63, 3.8) is 0 Å². The SMILES string of the molecule is COc1ccc(CN(CCCOCc2ccccc2)c2nc3cnc4cc(Br)sc4c3n2C)cc1. The van der Waals surface area contributed by atoms with Gasteiger partial charge in [-0.05, 0) is 51.7 Å². The molecule has 0 atom stereocenters. The minimum atomic E-state index is 0.627. The lowest BCUT2D eigenvalue weighted by atomic mass is 10.2. The maximum absolute atomic E-state index is 5.95. The summed E-state index contributed by atoms with van der Waals surface area (Å²) < 4.78 is 15.7. The summed E-state index contributed by atoms with van der Waals surface area (Å²) in [6.07, 6.45) is 2.76. The van der Waals surface area contributed by atoms with Gasteiger partial charge in [-0.1, -0.05) is 42.5 Å². The molecule has 0 spiro atoms. The second kappa shape index (κ2) is 10.8. The third-order valence-electron chi connectivity index (χ3n) is 5.97. The molecule has 0 unspecified atom stereocenters. The number of hydrogen-bond acceptors (Lipinski definition) is 6. The Hall–Kier alpha value is -2.94. The lowest BCUT2D eigenvalue weighted by Gasteiger charge is -2.24. The molecule has 0 N–H and O–H groups in total. The second-order valence-corrected chi connectivity index (χ2v) is 10.8. The molecule has 0 amide bonds. The van der Waals surface area contributed by atoms with Crippen LogP contribution in [0.5, 0.6) is 5.75 Å². The lowest BCUT2D eigenvalue weighted by molar-refractivity contribution is 0.119. The molecule has 0 fully saturated rings. The summed E-state index contributed by atoms with van der Waals surface area (Å²) in [5.41, 5.74) is 5.40. The molecule has 3 heterocycles. The zero-order chi connectivity index (χ0) is 24.2. The number of anilines is 1. The molecule has 5 aromatic rings. The predicted octanol–water partition coefficient (Wildman–Crippen LogP) is 6.57. The highest BCUT2D eigenvalue weighted by atomic mass is 79.9. The number of halogens is 1. The number of rotatable bonds is 10. The molecule has 0 bridgehead atoms. The van der Waals surface area contributed by atoms with E-state index < -0.39 is 0 Å². The highest BCUT2D eigenvalue weighted by molar-refractivity contribution is 9.11. The van der Waals surface area contributed by atoms with E-state index in [1.165, 1.54) is 11.1 Å². The van der Waals surface area contributed by atoms with Crippen LogP contribution < -0.4 is 9.64 Å². The lowest BCUT2D eigenvalue weighted by Crippen LogP contribution is -2.27. The highest BCUT2D eigenvalue weighted by Gasteiger charge is 2.19. The standard InChI is InChI=1S/C27H27BrN4O2S/c1-31-25-23(16-29-22-15-24(28)35-26(22)25)30-27(31)32(17-19-9-11-21(33-2)12-10-19)13-6-14-34-18-20-7-4-3-5-8-20/h3-5,7-12,15-16H,6,13-14,17-18H2,1-2H3. The molecule has 35 heavy (non-hydrogen) atoms. The van der Waals surface area contributed by atoms with E-state index in [-0.39, 0.29) is 0 Å². The topological polar surface area (TPSA) is 52.4 Å². The molecule has 180 valence electrons. The minimum absolute atomic E-state index is 0.627. The molecule has 0 aliphatic heterocycles. The van der Waals surface area contributed by atoms with Crippen molar-refractivity contribution in [2.75, 3.05) is 25.2 Å². The second-order valence-electron chi connectivity index (χ2n) is 8.39. The summed E-state index contributed by atoms with van der Waals surface area (Å²) in [6.45, 7) is 2.87. The van der Waals surface area contributed by atoms with E-state index in [2.05, 4.69) is 67.8 Å². The van der Waals surface area contributed by atoms with Gasteiger partial charge in [-0.15, -0.1) is 11.3 Å². The van der Waals surface area contributed by atoms with Crippen LogP contribution in [0.2, 0.25) is 0 Å². The van der Waals surface area contributed by atoms with Crippen LogP contribution in [0.15, 0.2) is 70.6 Å². The van der Waals surface area contributed by atoms with Crippen molar-refractivity contribution >= 4 is 54.5 Å². The average molecular weight is 552 g/mol. The van der Waals surface area contributed by atoms with Gasteiger partial charge in [0.25, 0.3) is 0 Å². The van der Waals surface area contributed by atoms with Gasteiger partial charge in [0.1, 0.15) is 11.3 Å². The zero-order valence-corrected chi connectivity index (χ0v) is 22.2. The van der Waals surface area contributed by atoms with Crippen molar-refractivity contribution in [2.45, 2.75) is 19.6 Å². The summed E-state index contributed by atoms with van der Waals surface area (Å²) in [5, 5.41) is 0. The van der Waals surface area contributed by atoms with Crippen molar-refractivity contribution < 1.29 is 9.47 Å². The summed E-state index contributed by atoms with van der Waals surface area (Å²) in [5.74, 6) is 1.78. The quantitative estimate of drug-likeness (QED) is 0.184. The van der Waals surface area contributed by atoms with Gasteiger partial charge in [-0.25, -0.2) is 4.98 Å². The number of aryl methyl sites for hydroxylation is 1. The summed E-state index contributed by atoms with van der Waals surface area (Å²) >= 11 is 5.30. The van der Waals surface area contributed by atoms with E-state index in [0.29, 0.717) is 13.2 Å². The van der Waals surface area contributed by atoms with E-state index in [1.54, 1.807) is 18.4 Å². The molecule has 8 heteroatoms. The Kier molecular flexibility index (Phi) is 7.32. The largest absolute Gasteiger partial charge is 0.497 e. The molecule has 0 aliphatic rings. The first-order chi connectivity index (χ1) is 17.1. The van der Waals surface area contributed by atoms with E-state index in [1.807, 2.05) is 36.5 Å². The fourth-order valence-electron chi connectivity index (χ4n) is 4.22. The molecule has 5 rings (SSSR count). The van der Waals surface area contributed by atoms with E-state index in [4.69, 9.17) is 14.5 Å². The molecule has 0 saturated carbocycles. The molecule has 6 nitrogen and oxygen atoms in total. The van der Waals surface area contributed by atoms with Crippen molar-refractivity contribution in [3.8, 4) is 5.75 Å². The summed E-state index contributed by atoms with van der Waals surface area (Å²) in [6, 6.07) is 20.6. The maximum Gasteiger partial charge on any atom is 0.206 e. The van der Waals surface area contributed by atoms with Crippen molar-refractivity contribution in [1.29, 1.82) is 0 Å². The molecular weight excluding hydrogens is 524 g/mol. The van der Waals surface area contributed by atoms with Gasteiger partial charge in [0.2, 0.25) is 5.95 Å². The Morgan fingerprint density at radius 1 is 1.03 bits per heavy atom. The number of pyridine rings is 1. The molecule has 0 aliphatic carbocycles. The van der Waals surface area contributed by atoms with E-state index in [0.717, 1.165) is 56.2 Å².